The number of rotatable bonds is 2. The van der Waals surface area contributed by atoms with Crippen LogP contribution in [-0.4, -0.2) is 12.1 Å². The van der Waals surface area contributed by atoms with Gasteiger partial charge >= 0.3 is 0 Å². The van der Waals surface area contributed by atoms with Crippen LogP contribution in [0.25, 0.3) is 0 Å². The highest BCUT2D eigenvalue weighted by atomic mass is 16.3. The van der Waals surface area contributed by atoms with E-state index in [-0.39, 0.29) is 5.54 Å². The van der Waals surface area contributed by atoms with Crippen LogP contribution in [0.1, 0.15) is 44.6 Å². The van der Waals surface area contributed by atoms with E-state index in [1.807, 2.05) is 0 Å². The van der Waals surface area contributed by atoms with Crippen molar-refractivity contribution in [1.82, 2.24) is 5.32 Å². The summed E-state index contributed by atoms with van der Waals surface area (Å²) >= 11 is 0. The van der Waals surface area contributed by atoms with Crippen LogP contribution in [0.2, 0.25) is 0 Å². The van der Waals surface area contributed by atoms with Crippen LogP contribution in [-0.2, 0) is 6.42 Å². The van der Waals surface area contributed by atoms with Crippen LogP contribution < -0.4 is 5.32 Å². The Hall–Kier alpha value is -0.760. The lowest BCUT2D eigenvalue weighted by Gasteiger charge is -2.25. The zero-order valence-corrected chi connectivity index (χ0v) is 9.26. The fourth-order valence-electron chi connectivity index (χ4n) is 2.29. The van der Waals surface area contributed by atoms with Crippen molar-refractivity contribution < 1.29 is 4.42 Å². The van der Waals surface area contributed by atoms with Crippen molar-refractivity contribution in [3.63, 3.8) is 0 Å². The first-order valence-electron chi connectivity index (χ1n) is 5.47. The van der Waals surface area contributed by atoms with E-state index in [0.717, 1.165) is 24.5 Å². The van der Waals surface area contributed by atoms with E-state index in [2.05, 4.69) is 38.2 Å². The standard InChI is InChI=1S/C12H19NO/c1-4-9-5-6-11(14-9)10-7-8-13-12(10,2)3/h5-6,10,13H,4,7-8H2,1-3H3. The number of hydrogen-bond acceptors (Lipinski definition) is 2. The van der Waals surface area contributed by atoms with Crippen LogP contribution in [0.15, 0.2) is 16.5 Å². The summed E-state index contributed by atoms with van der Waals surface area (Å²) in [5, 5.41) is 3.51. The Bertz CT molecular complexity index is 314. The molecule has 14 heavy (non-hydrogen) atoms. The van der Waals surface area contributed by atoms with Gasteiger partial charge in [-0.2, -0.15) is 0 Å². The summed E-state index contributed by atoms with van der Waals surface area (Å²) in [5.41, 5.74) is 0.183. The molecule has 2 rings (SSSR count). The quantitative estimate of drug-likeness (QED) is 0.781. The van der Waals surface area contributed by atoms with Crippen molar-refractivity contribution in [2.24, 2.45) is 0 Å². The molecule has 0 saturated carbocycles. The third-order valence-electron chi connectivity index (χ3n) is 3.26. The van der Waals surface area contributed by atoms with E-state index < -0.39 is 0 Å². The number of nitrogens with one attached hydrogen (secondary N) is 1. The van der Waals surface area contributed by atoms with Gasteiger partial charge in [0.15, 0.2) is 0 Å². The molecule has 0 aromatic carbocycles. The summed E-state index contributed by atoms with van der Waals surface area (Å²) in [7, 11) is 0. The van der Waals surface area contributed by atoms with Crippen molar-refractivity contribution in [2.75, 3.05) is 6.54 Å². The lowest BCUT2D eigenvalue weighted by molar-refractivity contribution is 0.347. The average molecular weight is 193 g/mol. The lowest BCUT2D eigenvalue weighted by Crippen LogP contribution is -2.36. The summed E-state index contributed by atoms with van der Waals surface area (Å²) in [6, 6.07) is 4.24. The molecule has 1 aliphatic heterocycles. The van der Waals surface area contributed by atoms with Gasteiger partial charge in [-0.05, 0) is 38.9 Å². The lowest BCUT2D eigenvalue weighted by atomic mass is 9.87. The maximum atomic E-state index is 5.81. The van der Waals surface area contributed by atoms with E-state index in [4.69, 9.17) is 4.42 Å². The maximum Gasteiger partial charge on any atom is 0.109 e. The molecule has 2 heterocycles. The van der Waals surface area contributed by atoms with Crippen molar-refractivity contribution in [3.05, 3.63) is 23.7 Å². The zero-order chi connectivity index (χ0) is 10.2. The van der Waals surface area contributed by atoms with Gasteiger partial charge < -0.3 is 9.73 Å². The second-order valence-electron chi connectivity index (χ2n) is 4.65. The number of hydrogen-bond donors (Lipinski definition) is 1. The molecule has 2 heteroatoms. The van der Waals surface area contributed by atoms with E-state index in [9.17, 15) is 0 Å². The van der Waals surface area contributed by atoms with Gasteiger partial charge in [0.2, 0.25) is 0 Å². The Kier molecular flexibility index (Phi) is 2.40. The first-order chi connectivity index (χ1) is 6.63. The van der Waals surface area contributed by atoms with Crippen molar-refractivity contribution in [2.45, 2.75) is 45.1 Å². The van der Waals surface area contributed by atoms with Gasteiger partial charge in [0.05, 0.1) is 0 Å². The van der Waals surface area contributed by atoms with Gasteiger partial charge in [-0.3, -0.25) is 0 Å². The minimum absolute atomic E-state index is 0.183. The van der Waals surface area contributed by atoms with Gasteiger partial charge in [-0.1, -0.05) is 6.92 Å². The first kappa shape index (κ1) is 9.78. The summed E-state index contributed by atoms with van der Waals surface area (Å²) in [4.78, 5) is 0. The van der Waals surface area contributed by atoms with Gasteiger partial charge in [0, 0.05) is 17.9 Å². The molecule has 1 N–H and O–H groups in total. The topological polar surface area (TPSA) is 25.2 Å². The second kappa shape index (κ2) is 3.43. The highest BCUT2D eigenvalue weighted by Crippen LogP contribution is 2.36. The number of aryl methyl sites for hydroxylation is 1. The van der Waals surface area contributed by atoms with Crippen LogP contribution in [0.3, 0.4) is 0 Å². The molecular weight excluding hydrogens is 174 g/mol. The normalized spacial score (nSPS) is 25.5. The molecule has 0 amide bonds. The van der Waals surface area contributed by atoms with E-state index in [0.29, 0.717) is 5.92 Å². The Labute approximate surface area is 85.7 Å². The Balaban J connectivity index is 2.22. The van der Waals surface area contributed by atoms with E-state index in [1.165, 1.54) is 6.42 Å². The number of furan rings is 1. The smallest absolute Gasteiger partial charge is 0.109 e. The SMILES string of the molecule is CCc1ccc(C2CCNC2(C)C)o1. The summed E-state index contributed by atoms with van der Waals surface area (Å²) < 4.78 is 5.81. The largest absolute Gasteiger partial charge is 0.466 e. The molecule has 2 nitrogen and oxygen atoms in total. The predicted molar refractivity (Wildman–Crippen MR) is 57.5 cm³/mol. The first-order valence-corrected chi connectivity index (χ1v) is 5.47. The molecule has 0 spiro atoms. The molecule has 1 unspecified atom stereocenters. The summed E-state index contributed by atoms with van der Waals surface area (Å²) in [5.74, 6) is 2.78. The van der Waals surface area contributed by atoms with Crippen molar-refractivity contribution >= 4 is 0 Å². The maximum absolute atomic E-state index is 5.81. The molecule has 78 valence electrons. The molecule has 0 aliphatic carbocycles. The van der Waals surface area contributed by atoms with Gasteiger partial charge in [-0.15, -0.1) is 0 Å². The van der Waals surface area contributed by atoms with E-state index in [1.54, 1.807) is 0 Å². The molecule has 1 aromatic rings. The molecule has 0 bridgehead atoms. The van der Waals surface area contributed by atoms with Crippen LogP contribution in [0.4, 0.5) is 0 Å². The van der Waals surface area contributed by atoms with Crippen LogP contribution >= 0.6 is 0 Å². The summed E-state index contributed by atoms with van der Waals surface area (Å²) in [6.07, 6.45) is 2.17. The Morgan fingerprint density at radius 1 is 1.50 bits per heavy atom. The molecule has 1 atom stereocenters. The third kappa shape index (κ3) is 1.59. The minimum Gasteiger partial charge on any atom is -0.466 e. The summed E-state index contributed by atoms with van der Waals surface area (Å²) in [6.45, 7) is 7.72. The predicted octanol–water partition coefficient (Wildman–Crippen LogP) is 2.70. The monoisotopic (exact) mass is 193 g/mol. The molecule has 1 aromatic heterocycles. The molecule has 1 aliphatic rings. The second-order valence-corrected chi connectivity index (χ2v) is 4.65. The van der Waals surface area contributed by atoms with Crippen molar-refractivity contribution in [3.8, 4) is 0 Å². The third-order valence-corrected chi connectivity index (χ3v) is 3.26. The highest BCUT2D eigenvalue weighted by molar-refractivity contribution is 5.18. The van der Waals surface area contributed by atoms with Gasteiger partial charge in [0.1, 0.15) is 11.5 Å². The Morgan fingerprint density at radius 2 is 2.29 bits per heavy atom. The minimum atomic E-state index is 0.183. The Morgan fingerprint density at radius 3 is 2.79 bits per heavy atom. The van der Waals surface area contributed by atoms with Gasteiger partial charge in [-0.25, -0.2) is 0 Å². The zero-order valence-electron chi connectivity index (χ0n) is 9.26. The van der Waals surface area contributed by atoms with Gasteiger partial charge in [0.25, 0.3) is 0 Å². The van der Waals surface area contributed by atoms with Crippen LogP contribution in [0.5, 0.6) is 0 Å². The fraction of sp³-hybridized carbons (Fsp3) is 0.667. The van der Waals surface area contributed by atoms with Crippen molar-refractivity contribution in [1.29, 1.82) is 0 Å². The highest BCUT2D eigenvalue weighted by Gasteiger charge is 2.36. The fourth-order valence-corrected chi connectivity index (χ4v) is 2.29. The molecular formula is C12H19NO. The molecule has 0 radical (unpaired) electrons. The average Bonchev–Trinajstić information content (AvgIpc) is 2.70. The van der Waals surface area contributed by atoms with Crippen LogP contribution in [0, 0.1) is 0 Å². The molecule has 1 saturated heterocycles. The molecule has 1 fully saturated rings. The van der Waals surface area contributed by atoms with E-state index >= 15 is 0 Å².